The van der Waals surface area contributed by atoms with Crippen molar-refractivity contribution in [2.45, 2.75) is 149 Å². The van der Waals surface area contributed by atoms with Crippen LogP contribution < -0.4 is 0 Å². The van der Waals surface area contributed by atoms with Crippen molar-refractivity contribution in [2.24, 2.45) is 50.2 Å². The van der Waals surface area contributed by atoms with Gasteiger partial charge in [-0.1, -0.05) is 60.1 Å². The highest BCUT2D eigenvalue weighted by atomic mass is 16.7. The fourth-order valence-electron chi connectivity index (χ4n) is 12.4. The van der Waals surface area contributed by atoms with Gasteiger partial charge in [-0.3, -0.25) is 4.79 Å². The van der Waals surface area contributed by atoms with Crippen LogP contribution in [-0.2, 0) is 19.0 Å². The molecular weight excluding hydrogens is 572 g/mol. The molecule has 1 aliphatic heterocycles. The fourth-order valence-corrected chi connectivity index (χ4v) is 12.4. The molecule has 0 amide bonds. The molecule has 45 heavy (non-hydrogen) atoms. The van der Waals surface area contributed by atoms with E-state index in [2.05, 4.69) is 54.5 Å². The molecule has 8 nitrogen and oxygen atoms in total. The van der Waals surface area contributed by atoms with Crippen molar-refractivity contribution in [3.8, 4) is 0 Å². The second-order valence-electron chi connectivity index (χ2n) is 18.1. The summed E-state index contributed by atoms with van der Waals surface area (Å²) in [5, 5.41) is 41.1. The fraction of sp³-hybridized carbons (Fsp3) is 0.919. The van der Waals surface area contributed by atoms with Crippen molar-refractivity contribution in [3.63, 3.8) is 0 Å². The van der Waals surface area contributed by atoms with Crippen molar-refractivity contribution in [1.29, 1.82) is 0 Å². The Hall–Kier alpha value is -1.03. The molecule has 0 radical (unpaired) electrons. The van der Waals surface area contributed by atoms with Crippen LogP contribution in [0.5, 0.6) is 0 Å². The van der Waals surface area contributed by atoms with Crippen LogP contribution in [-0.4, -0.2) is 76.9 Å². The lowest BCUT2D eigenvalue weighted by molar-refractivity contribution is -0.297. The summed E-state index contributed by atoms with van der Waals surface area (Å²) in [4.78, 5) is 14.4. The average Bonchev–Trinajstić information content (AvgIpc) is 2.97. The summed E-state index contributed by atoms with van der Waals surface area (Å²) in [6, 6.07) is 0. The van der Waals surface area contributed by atoms with Crippen LogP contribution in [0.25, 0.3) is 0 Å². The molecule has 5 aliphatic carbocycles. The summed E-state index contributed by atoms with van der Waals surface area (Å²) in [5.74, 6) is 0.782. The minimum Gasteiger partial charge on any atom is -0.432 e. The van der Waals surface area contributed by atoms with E-state index in [9.17, 15) is 25.2 Å². The number of carbonyl (C=O) groups excluding carboxylic acids is 1. The number of fused-ring (bicyclic) bond motifs is 7. The first-order valence-corrected chi connectivity index (χ1v) is 17.7. The van der Waals surface area contributed by atoms with Gasteiger partial charge in [0.15, 0.2) is 0 Å². The Kier molecular flexibility index (Phi) is 8.27. The van der Waals surface area contributed by atoms with Gasteiger partial charge in [-0.15, -0.1) is 0 Å². The summed E-state index contributed by atoms with van der Waals surface area (Å²) in [6.45, 7) is 16.5. The first-order chi connectivity index (χ1) is 20.9. The SMILES string of the molecule is CO[C@H]1CC[C@@]2(C)[C@H](CC[C@]3(C)[C@H]2CC=C2[C@@H]4CC(C)(C)CC[C@]4(C(=O)O[C@@H]4O[C@H](CO)[C@@H](O)[C@H](O)[C@H]4O)CC[C@]23C)C1(C)C. The minimum absolute atomic E-state index is 0.0151. The Morgan fingerprint density at radius 1 is 0.889 bits per heavy atom. The van der Waals surface area contributed by atoms with E-state index >= 15 is 0 Å². The summed E-state index contributed by atoms with van der Waals surface area (Å²) in [5.41, 5.74) is 1.15. The zero-order valence-corrected chi connectivity index (χ0v) is 29.0. The summed E-state index contributed by atoms with van der Waals surface area (Å²) < 4.78 is 17.6. The van der Waals surface area contributed by atoms with E-state index in [1.807, 2.05) is 7.11 Å². The molecule has 4 saturated carbocycles. The van der Waals surface area contributed by atoms with Gasteiger partial charge in [0.25, 0.3) is 0 Å². The number of esters is 1. The maximum Gasteiger partial charge on any atom is 0.315 e. The van der Waals surface area contributed by atoms with Crippen molar-refractivity contribution in [2.75, 3.05) is 13.7 Å². The molecule has 6 aliphatic rings. The lowest BCUT2D eigenvalue weighted by atomic mass is 9.33. The number of rotatable bonds is 4. The molecule has 6 rings (SSSR count). The van der Waals surface area contributed by atoms with Crippen LogP contribution in [0.4, 0.5) is 0 Å². The number of ether oxygens (including phenoxy) is 3. The molecule has 5 fully saturated rings. The van der Waals surface area contributed by atoms with Crippen LogP contribution in [0.3, 0.4) is 0 Å². The first kappa shape index (κ1) is 33.9. The molecule has 4 N–H and O–H groups in total. The number of allylic oxidation sites excluding steroid dienone is 2. The predicted molar refractivity (Wildman–Crippen MR) is 170 cm³/mol. The van der Waals surface area contributed by atoms with Crippen molar-refractivity contribution < 1.29 is 39.4 Å². The minimum atomic E-state index is -1.60. The van der Waals surface area contributed by atoms with Gasteiger partial charge >= 0.3 is 5.97 Å². The molecule has 256 valence electrons. The predicted octanol–water partition coefficient (Wildman–Crippen LogP) is 5.15. The number of aliphatic hydroxyl groups excluding tert-OH is 4. The number of carbonyl (C=O) groups is 1. The number of aliphatic hydroxyl groups is 4. The van der Waals surface area contributed by atoms with Crippen LogP contribution in [0.1, 0.15) is 113 Å². The van der Waals surface area contributed by atoms with E-state index in [1.165, 1.54) is 24.8 Å². The lowest BCUT2D eigenvalue weighted by Crippen LogP contribution is -2.65. The molecule has 1 heterocycles. The maximum absolute atomic E-state index is 14.4. The van der Waals surface area contributed by atoms with Gasteiger partial charge in [0.1, 0.15) is 24.4 Å². The Balaban J connectivity index is 1.35. The molecule has 0 spiro atoms. The van der Waals surface area contributed by atoms with E-state index in [0.29, 0.717) is 30.8 Å². The van der Waals surface area contributed by atoms with Gasteiger partial charge in [0.05, 0.1) is 18.1 Å². The number of methoxy groups -OCH3 is 1. The molecule has 0 aromatic heterocycles. The molecule has 0 bridgehead atoms. The normalized spacial score (nSPS) is 51.9. The standard InChI is InChI=1S/C37H60O8/c1-32(2)15-17-37(31(42)45-30-29(41)28(40)27(39)23(20-38)44-30)18-16-35(6)21(22(37)19-32)9-10-25-34(5)13-12-26(43-8)33(3,4)24(34)11-14-36(25,35)7/h9,22-30,38-41H,10-20H2,1-8H3/t22-,23+,24+,25-,26-,27+,28-,29+,30-,34-,35+,36+,37-/m0/s1. The van der Waals surface area contributed by atoms with Crippen LogP contribution in [0.2, 0.25) is 0 Å². The van der Waals surface area contributed by atoms with Gasteiger partial charge < -0.3 is 34.6 Å². The maximum atomic E-state index is 14.4. The van der Waals surface area contributed by atoms with Gasteiger partial charge in [-0.2, -0.15) is 0 Å². The zero-order valence-electron chi connectivity index (χ0n) is 29.0. The first-order valence-electron chi connectivity index (χ1n) is 17.7. The van der Waals surface area contributed by atoms with Gasteiger partial charge in [0, 0.05) is 7.11 Å². The summed E-state index contributed by atoms with van der Waals surface area (Å²) >= 11 is 0. The van der Waals surface area contributed by atoms with Gasteiger partial charge in [0.2, 0.25) is 6.29 Å². The van der Waals surface area contributed by atoms with Crippen molar-refractivity contribution in [3.05, 3.63) is 11.6 Å². The number of hydrogen-bond acceptors (Lipinski definition) is 8. The van der Waals surface area contributed by atoms with Crippen molar-refractivity contribution in [1.82, 2.24) is 0 Å². The third kappa shape index (κ3) is 4.69. The Morgan fingerprint density at radius 3 is 2.24 bits per heavy atom. The molecule has 13 atom stereocenters. The van der Waals surface area contributed by atoms with Crippen LogP contribution in [0.15, 0.2) is 11.6 Å². The largest absolute Gasteiger partial charge is 0.432 e. The van der Waals surface area contributed by atoms with E-state index in [1.54, 1.807) is 0 Å². The highest BCUT2D eigenvalue weighted by Crippen LogP contribution is 2.76. The van der Waals surface area contributed by atoms with Gasteiger partial charge in [-0.25, -0.2) is 0 Å². The second-order valence-corrected chi connectivity index (χ2v) is 18.1. The van der Waals surface area contributed by atoms with Crippen LogP contribution in [0, 0.1) is 50.2 Å². The number of hydrogen-bond donors (Lipinski definition) is 4. The van der Waals surface area contributed by atoms with Gasteiger partial charge in [-0.05, 0) is 109 Å². The molecule has 1 saturated heterocycles. The summed E-state index contributed by atoms with van der Waals surface area (Å²) in [7, 11) is 1.88. The zero-order chi connectivity index (χ0) is 33.0. The third-order valence-corrected chi connectivity index (χ3v) is 15.3. The van der Waals surface area contributed by atoms with E-state index in [0.717, 1.165) is 32.1 Å². The monoisotopic (exact) mass is 632 g/mol. The lowest BCUT2D eigenvalue weighted by Gasteiger charge is -2.71. The highest BCUT2D eigenvalue weighted by Gasteiger charge is 2.69. The Morgan fingerprint density at radius 2 is 1.58 bits per heavy atom. The Labute approximate surface area is 270 Å². The topological polar surface area (TPSA) is 126 Å². The van der Waals surface area contributed by atoms with Crippen molar-refractivity contribution >= 4 is 5.97 Å². The second kappa shape index (κ2) is 11.0. The molecule has 0 aromatic rings. The highest BCUT2D eigenvalue weighted by molar-refractivity contribution is 5.79. The summed E-state index contributed by atoms with van der Waals surface area (Å²) in [6.07, 6.45) is 5.34. The van der Waals surface area contributed by atoms with E-state index < -0.39 is 48.7 Å². The average molecular weight is 633 g/mol. The molecule has 0 unspecified atom stereocenters. The quantitative estimate of drug-likeness (QED) is 0.248. The Bertz CT molecular complexity index is 1190. The molecule has 8 heteroatoms. The third-order valence-electron chi connectivity index (χ3n) is 15.3. The molecular formula is C37H60O8. The van der Waals surface area contributed by atoms with E-state index in [-0.39, 0.29) is 33.0 Å². The molecule has 0 aromatic carbocycles. The van der Waals surface area contributed by atoms with E-state index in [4.69, 9.17) is 14.2 Å². The smallest absolute Gasteiger partial charge is 0.315 e. The van der Waals surface area contributed by atoms with Crippen LogP contribution >= 0.6 is 0 Å².